The first kappa shape index (κ1) is 14.7. The molecule has 0 bridgehead atoms. The average Bonchev–Trinajstić information content (AvgIpc) is 3.18. The maximum absolute atomic E-state index is 9.14. The standard InChI is InChI=1S/C15H15N7O/c1-15(2)9-23-14(18-15)10-4-3-5-12(6-10)17-8-11(7-16)13-19-21-22-20-13/h3-6,8,17H,9H2,1-2H3,(H,19,20,21,22). The van der Waals surface area contributed by atoms with Crippen molar-refractivity contribution in [2.45, 2.75) is 19.4 Å². The summed E-state index contributed by atoms with van der Waals surface area (Å²) in [6, 6.07) is 9.63. The minimum Gasteiger partial charge on any atom is -0.475 e. The van der Waals surface area contributed by atoms with Crippen molar-refractivity contribution in [3.8, 4) is 6.07 Å². The van der Waals surface area contributed by atoms with Crippen LogP contribution in [0.15, 0.2) is 35.5 Å². The van der Waals surface area contributed by atoms with E-state index < -0.39 is 0 Å². The topological polar surface area (TPSA) is 112 Å². The molecule has 2 N–H and O–H groups in total. The molecule has 3 rings (SSSR count). The summed E-state index contributed by atoms with van der Waals surface area (Å²) in [5.41, 5.74) is 1.76. The summed E-state index contributed by atoms with van der Waals surface area (Å²) in [5, 5.41) is 25.5. The van der Waals surface area contributed by atoms with Gasteiger partial charge in [-0.15, -0.1) is 10.2 Å². The molecule has 0 aliphatic carbocycles. The van der Waals surface area contributed by atoms with Crippen molar-refractivity contribution >= 4 is 17.2 Å². The van der Waals surface area contributed by atoms with Crippen molar-refractivity contribution in [2.24, 2.45) is 4.99 Å². The van der Waals surface area contributed by atoms with Gasteiger partial charge in [0.2, 0.25) is 11.7 Å². The lowest BCUT2D eigenvalue weighted by Gasteiger charge is -2.07. The van der Waals surface area contributed by atoms with Crippen LogP contribution in [-0.4, -0.2) is 38.7 Å². The Labute approximate surface area is 132 Å². The molecule has 0 spiro atoms. The van der Waals surface area contributed by atoms with Crippen molar-refractivity contribution in [3.63, 3.8) is 0 Å². The van der Waals surface area contributed by atoms with Crippen LogP contribution < -0.4 is 5.32 Å². The number of nitriles is 1. The molecule has 8 heteroatoms. The molecule has 2 heterocycles. The summed E-state index contributed by atoms with van der Waals surface area (Å²) in [5.74, 6) is 0.864. The van der Waals surface area contributed by atoms with Crippen molar-refractivity contribution in [1.82, 2.24) is 20.6 Å². The molecule has 23 heavy (non-hydrogen) atoms. The Balaban J connectivity index is 1.80. The number of H-pyrrole nitrogens is 1. The molecule has 1 aliphatic heterocycles. The van der Waals surface area contributed by atoms with Crippen LogP contribution in [0.2, 0.25) is 0 Å². The number of ether oxygens (including phenoxy) is 1. The number of allylic oxidation sites excluding steroid dienone is 1. The van der Waals surface area contributed by atoms with Crippen molar-refractivity contribution in [1.29, 1.82) is 5.26 Å². The van der Waals surface area contributed by atoms with Gasteiger partial charge >= 0.3 is 0 Å². The Morgan fingerprint density at radius 1 is 1.48 bits per heavy atom. The number of nitrogens with one attached hydrogen (secondary N) is 2. The van der Waals surface area contributed by atoms with Gasteiger partial charge in [0.05, 0.1) is 5.54 Å². The Bertz CT molecular complexity index is 799. The molecule has 0 amide bonds. The second-order valence-corrected chi connectivity index (χ2v) is 5.65. The molecule has 0 fully saturated rings. The molecule has 8 nitrogen and oxygen atoms in total. The van der Waals surface area contributed by atoms with Crippen LogP contribution in [0.1, 0.15) is 25.2 Å². The Morgan fingerprint density at radius 3 is 3.00 bits per heavy atom. The summed E-state index contributed by atoms with van der Waals surface area (Å²) in [6.07, 6.45) is 1.53. The van der Waals surface area contributed by atoms with E-state index in [2.05, 4.69) is 30.9 Å². The third kappa shape index (κ3) is 3.35. The van der Waals surface area contributed by atoms with Crippen LogP contribution in [0.25, 0.3) is 5.57 Å². The second-order valence-electron chi connectivity index (χ2n) is 5.65. The fraction of sp³-hybridized carbons (Fsp3) is 0.267. The molecular formula is C15H15N7O. The van der Waals surface area contributed by atoms with Crippen LogP contribution in [0.4, 0.5) is 5.69 Å². The van der Waals surface area contributed by atoms with Crippen LogP contribution in [0.5, 0.6) is 0 Å². The van der Waals surface area contributed by atoms with Crippen LogP contribution in [-0.2, 0) is 4.74 Å². The minimum absolute atomic E-state index is 0.203. The van der Waals surface area contributed by atoms with Crippen LogP contribution >= 0.6 is 0 Å². The summed E-state index contributed by atoms with van der Waals surface area (Å²) in [7, 11) is 0. The zero-order chi connectivity index (χ0) is 16.3. The zero-order valence-electron chi connectivity index (χ0n) is 12.7. The van der Waals surface area contributed by atoms with Gasteiger partial charge in [-0.1, -0.05) is 6.07 Å². The SMILES string of the molecule is CC1(C)COC(c2cccc(NC=C(C#N)c3nn[nH]n3)c2)=N1. The summed E-state index contributed by atoms with van der Waals surface area (Å²) >= 11 is 0. The molecule has 2 aromatic rings. The van der Waals surface area contributed by atoms with E-state index in [4.69, 9.17) is 10.00 Å². The smallest absolute Gasteiger partial charge is 0.216 e. The van der Waals surface area contributed by atoms with E-state index in [1.54, 1.807) is 0 Å². The quantitative estimate of drug-likeness (QED) is 0.832. The Morgan fingerprint density at radius 2 is 2.35 bits per heavy atom. The maximum atomic E-state index is 9.14. The molecular weight excluding hydrogens is 294 g/mol. The van der Waals surface area contributed by atoms with Gasteiger partial charge in [-0.2, -0.15) is 10.5 Å². The van der Waals surface area contributed by atoms with Crippen molar-refractivity contribution < 1.29 is 4.74 Å². The molecule has 116 valence electrons. The van der Waals surface area contributed by atoms with Gasteiger partial charge in [0.15, 0.2) is 0 Å². The zero-order valence-corrected chi connectivity index (χ0v) is 12.7. The number of tetrazole rings is 1. The highest BCUT2D eigenvalue weighted by atomic mass is 16.5. The summed E-state index contributed by atoms with van der Waals surface area (Å²) < 4.78 is 5.64. The largest absolute Gasteiger partial charge is 0.475 e. The van der Waals surface area contributed by atoms with Crippen LogP contribution in [0, 0.1) is 11.3 Å². The summed E-state index contributed by atoms with van der Waals surface area (Å²) in [6.45, 7) is 4.61. The average molecular weight is 309 g/mol. The van der Waals surface area contributed by atoms with E-state index in [1.807, 2.05) is 44.2 Å². The number of anilines is 1. The lowest BCUT2D eigenvalue weighted by molar-refractivity contribution is 0.279. The van der Waals surface area contributed by atoms with Gasteiger partial charge in [-0.05, 0) is 37.3 Å². The van der Waals surface area contributed by atoms with E-state index >= 15 is 0 Å². The highest BCUT2D eigenvalue weighted by Crippen LogP contribution is 2.22. The predicted octanol–water partition coefficient (Wildman–Crippen LogP) is 1.73. The first-order valence-corrected chi connectivity index (χ1v) is 7.01. The normalized spacial score (nSPS) is 16.4. The predicted molar refractivity (Wildman–Crippen MR) is 84.4 cm³/mol. The number of benzene rings is 1. The molecule has 1 aliphatic rings. The molecule has 0 unspecified atom stereocenters. The van der Waals surface area contributed by atoms with E-state index in [0.29, 0.717) is 12.5 Å². The van der Waals surface area contributed by atoms with E-state index in [1.165, 1.54) is 6.20 Å². The van der Waals surface area contributed by atoms with E-state index in [-0.39, 0.29) is 16.9 Å². The van der Waals surface area contributed by atoms with Gasteiger partial charge in [-0.3, -0.25) is 0 Å². The first-order chi connectivity index (χ1) is 11.1. The number of hydrogen-bond acceptors (Lipinski definition) is 7. The van der Waals surface area contributed by atoms with Crippen molar-refractivity contribution in [2.75, 3.05) is 11.9 Å². The maximum Gasteiger partial charge on any atom is 0.216 e. The fourth-order valence-electron chi connectivity index (χ4n) is 2.05. The Hall–Kier alpha value is -3.21. The van der Waals surface area contributed by atoms with Gasteiger partial charge in [0.1, 0.15) is 18.2 Å². The molecule has 0 saturated heterocycles. The third-order valence-corrected chi connectivity index (χ3v) is 3.17. The van der Waals surface area contributed by atoms with Crippen LogP contribution in [0.3, 0.4) is 0 Å². The van der Waals surface area contributed by atoms with E-state index in [9.17, 15) is 0 Å². The second kappa shape index (κ2) is 5.88. The molecule has 1 aromatic heterocycles. The highest BCUT2D eigenvalue weighted by Gasteiger charge is 2.26. The van der Waals surface area contributed by atoms with Crippen molar-refractivity contribution in [3.05, 3.63) is 41.9 Å². The Kier molecular flexibility index (Phi) is 3.76. The lowest BCUT2D eigenvalue weighted by Crippen LogP contribution is -2.17. The lowest BCUT2D eigenvalue weighted by atomic mass is 10.1. The molecule has 0 radical (unpaired) electrons. The van der Waals surface area contributed by atoms with E-state index in [0.717, 1.165) is 11.3 Å². The highest BCUT2D eigenvalue weighted by molar-refractivity contribution is 5.96. The monoisotopic (exact) mass is 309 g/mol. The van der Waals surface area contributed by atoms with Gasteiger partial charge < -0.3 is 10.1 Å². The minimum atomic E-state index is -0.203. The number of rotatable bonds is 4. The molecule has 1 aromatic carbocycles. The number of hydrogen-bond donors (Lipinski definition) is 2. The fourth-order valence-corrected chi connectivity index (χ4v) is 2.05. The number of nitrogens with zero attached hydrogens (tertiary/aromatic N) is 5. The first-order valence-electron chi connectivity index (χ1n) is 7.01. The van der Waals surface area contributed by atoms with Gasteiger partial charge in [-0.25, -0.2) is 4.99 Å². The van der Waals surface area contributed by atoms with Gasteiger partial charge in [0, 0.05) is 17.5 Å². The molecule has 0 atom stereocenters. The number of aliphatic imine (C=N–C) groups is 1. The summed E-state index contributed by atoms with van der Waals surface area (Å²) in [4.78, 5) is 4.55. The number of aromatic nitrogens is 4. The third-order valence-electron chi connectivity index (χ3n) is 3.17. The van der Waals surface area contributed by atoms with Gasteiger partial charge in [0.25, 0.3) is 0 Å². The number of aromatic amines is 1. The molecule has 0 saturated carbocycles.